The molecule has 1 atom stereocenters. The number of hydrogen-bond acceptors (Lipinski definition) is 3. The normalized spacial score (nSPS) is 12.2. The zero-order valence-electron chi connectivity index (χ0n) is 10.7. The van der Waals surface area contributed by atoms with Gasteiger partial charge in [-0.05, 0) is 24.5 Å². The molecule has 1 aromatic carbocycles. The number of carbonyl (C=O) groups is 1. The molecule has 1 unspecified atom stereocenters. The topological polar surface area (TPSA) is 78.3 Å². The van der Waals surface area contributed by atoms with Gasteiger partial charge in [0.1, 0.15) is 0 Å². The molecule has 0 spiro atoms. The molecular formula is C13H19ClN2O2. The van der Waals surface area contributed by atoms with Crippen LogP contribution in [-0.4, -0.2) is 12.5 Å². The van der Waals surface area contributed by atoms with Crippen molar-refractivity contribution in [2.75, 3.05) is 12.3 Å². The van der Waals surface area contributed by atoms with E-state index in [4.69, 9.17) is 27.8 Å². The summed E-state index contributed by atoms with van der Waals surface area (Å²) in [6.07, 6.45) is 2.14. The van der Waals surface area contributed by atoms with E-state index in [1.165, 1.54) is 6.07 Å². The summed E-state index contributed by atoms with van der Waals surface area (Å²) in [5.41, 5.74) is 11.5. The van der Waals surface area contributed by atoms with Crippen LogP contribution in [0, 0.1) is 5.92 Å². The third-order valence-electron chi connectivity index (χ3n) is 2.63. The van der Waals surface area contributed by atoms with Crippen LogP contribution in [0.4, 0.5) is 5.69 Å². The van der Waals surface area contributed by atoms with Crippen LogP contribution < -0.4 is 16.2 Å². The number of nitrogens with two attached hydrogens (primary N) is 2. The molecule has 4 N–H and O–H groups in total. The minimum Gasteiger partial charge on any atom is -0.491 e. The molecule has 5 heteroatoms. The first-order valence-electron chi connectivity index (χ1n) is 5.97. The molecule has 4 nitrogen and oxygen atoms in total. The van der Waals surface area contributed by atoms with E-state index < -0.39 is 5.91 Å². The maximum absolute atomic E-state index is 11.3. The Bertz CT molecular complexity index is 435. The Morgan fingerprint density at radius 2 is 2.17 bits per heavy atom. The Balaban J connectivity index is 2.90. The van der Waals surface area contributed by atoms with Gasteiger partial charge in [-0.1, -0.05) is 31.9 Å². The van der Waals surface area contributed by atoms with E-state index in [-0.39, 0.29) is 5.56 Å². The number of nitrogen functional groups attached to an aromatic ring is 1. The summed E-state index contributed by atoms with van der Waals surface area (Å²) in [6.45, 7) is 4.69. The Morgan fingerprint density at radius 1 is 1.50 bits per heavy atom. The van der Waals surface area contributed by atoms with E-state index in [1.807, 2.05) is 0 Å². The number of hydrogen-bond donors (Lipinski definition) is 2. The first-order valence-corrected chi connectivity index (χ1v) is 6.35. The molecule has 0 aromatic heterocycles. The van der Waals surface area contributed by atoms with E-state index in [1.54, 1.807) is 6.07 Å². The quantitative estimate of drug-likeness (QED) is 0.780. The van der Waals surface area contributed by atoms with Crippen LogP contribution in [0.2, 0.25) is 5.02 Å². The fraction of sp³-hybridized carbons (Fsp3) is 0.462. The number of halogens is 1. The van der Waals surface area contributed by atoms with Crippen molar-refractivity contribution in [1.82, 2.24) is 0 Å². The highest BCUT2D eigenvalue weighted by molar-refractivity contribution is 6.33. The number of rotatable bonds is 6. The minimum atomic E-state index is -0.595. The maximum atomic E-state index is 11.3. The molecule has 0 aliphatic carbocycles. The van der Waals surface area contributed by atoms with Gasteiger partial charge in [0, 0.05) is 5.69 Å². The molecule has 0 radical (unpaired) electrons. The summed E-state index contributed by atoms with van der Waals surface area (Å²) in [5, 5.41) is 0.312. The van der Waals surface area contributed by atoms with Gasteiger partial charge in [-0.3, -0.25) is 4.79 Å². The number of benzene rings is 1. The predicted octanol–water partition coefficient (Wildman–Crippen LogP) is 2.84. The number of anilines is 1. The van der Waals surface area contributed by atoms with E-state index in [0.29, 0.717) is 29.0 Å². The number of carbonyl (C=O) groups excluding carboxylic acids is 1. The van der Waals surface area contributed by atoms with Gasteiger partial charge in [-0.15, -0.1) is 0 Å². The minimum absolute atomic E-state index is 0.226. The summed E-state index contributed by atoms with van der Waals surface area (Å²) in [5.74, 6) is 0.119. The van der Waals surface area contributed by atoms with Gasteiger partial charge in [0.2, 0.25) is 0 Å². The second kappa shape index (κ2) is 6.50. The summed E-state index contributed by atoms with van der Waals surface area (Å²) >= 11 is 6.03. The first-order chi connectivity index (χ1) is 8.45. The molecule has 0 saturated carbocycles. The van der Waals surface area contributed by atoms with Crippen molar-refractivity contribution in [2.24, 2.45) is 11.7 Å². The van der Waals surface area contributed by atoms with Crippen molar-refractivity contribution >= 4 is 23.2 Å². The molecule has 18 heavy (non-hydrogen) atoms. The van der Waals surface area contributed by atoms with Gasteiger partial charge < -0.3 is 16.2 Å². The maximum Gasteiger partial charge on any atom is 0.252 e. The van der Waals surface area contributed by atoms with E-state index in [9.17, 15) is 4.79 Å². The molecule has 100 valence electrons. The Kier molecular flexibility index (Phi) is 5.28. The highest BCUT2D eigenvalue weighted by Gasteiger charge is 2.15. The summed E-state index contributed by atoms with van der Waals surface area (Å²) in [7, 11) is 0. The molecular weight excluding hydrogens is 252 g/mol. The monoisotopic (exact) mass is 270 g/mol. The molecule has 0 bridgehead atoms. The lowest BCUT2D eigenvalue weighted by Crippen LogP contribution is -2.16. The van der Waals surface area contributed by atoms with Crippen LogP contribution >= 0.6 is 11.6 Å². The summed E-state index contributed by atoms with van der Waals surface area (Å²) in [6, 6.07) is 3.03. The number of amides is 1. The van der Waals surface area contributed by atoms with Gasteiger partial charge >= 0.3 is 0 Å². The number of ether oxygens (including phenoxy) is 1. The molecule has 0 aliphatic heterocycles. The second-order valence-electron chi connectivity index (χ2n) is 4.45. The third-order valence-corrected chi connectivity index (χ3v) is 2.91. The van der Waals surface area contributed by atoms with Gasteiger partial charge in [0.15, 0.2) is 5.75 Å². The molecule has 0 fully saturated rings. The smallest absolute Gasteiger partial charge is 0.252 e. The van der Waals surface area contributed by atoms with Crippen molar-refractivity contribution in [2.45, 2.75) is 26.7 Å². The van der Waals surface area contributed by atoms with Gasteiger partial charge in [0.25, 0.3) is 5.91 Å². The molecule has 0 saturated heterocycles. The van der Waals surface area contributed by atoms with Crippen molar-refractivity contribution in [3.8, 4) is 5.75 Å². The SMILES string of the molecule is CCCC(C)COc1c(Cl)cc(N)cc1C(N)=O. The zero-order chi connectivity index (χ0) is 13.7. The standard InChI is InChI=1S/C13H19ClN2O2/c1-3-4-8(2)7-18-12-10(13(16)17)5-9(15)6-11(12)14/h5-6,8H,3-4,7,15H2,1-2H3,(H2,16,17). The molecule has 1 amide bonds. The Hall–Kier alpha value is -1.42. The Morgan fingerprint density at radius 3 is 2.72 bits per heavy atom. The lowest BCUT2D eigenvalue weighted by atomic mass is 10.1. The van der Waals surface area contributed by atoms with Crippen molar-refractivity contribution < 1.29 is 9.53 Å². The molecule has 0 heterocycles. The number of primary amides is 1. The fourth-order valence-corrected chi connectivity index (χ4v) is 2.03. The highest BCUT2D eigenvalue weighted by atomic mass is 35.5. The van der Waals surface area contributed by atoms with Gasteiger partial charge in [-0.25, -0.2) is 0 Å². The van der Waals surface area contributed by atoms with Crippen LogP contribution in [0.1, 0.15) is 37.0 Å². The van der Waals surface area contributed by atoms with Crippen molar-refractivity contribution in [3.05, 3.63) is 22.7 Å². The highest BCUT2D eigenvalue weighted by Crippen LogP contribution is 2.31. The largest absolute Gasteiger partial charge is 0.491 e. The van der Waals surface area contributed by atoms with Gasteiger partial charge in [-0.2, -0.15) is 0 Å². The lowest BCUT2D eigenvalue weighted by Gasteiger charge is -2.15. The van der Waals surface area contributed by atoms with Crippen molar-refractivity contribution in [1.29, 1.82) is 0 Å². The third kappa shape index (κ3) is 3.81. The predicted molar refractivity (Wildman–Crippen MR) is 73.9 cm³/mol. The second-order valence-corrected chi connectivity index (χ2v) is 4.86. The average Bonchev–Trinajstić information content (AvgIpc) is 2.27. The van der Waals surface area contributed by atoms with Crippen LogP contribution in [0.25, 0.3) is 0 Å². The first kappa shape index (κ1) is 14.6. The van der Waals surface area contributed by atoms with Crippen LogP contribution in [0.3, 0.4) is 0 Å². The van der Waals surface area contributed by atoms with Gasteiger partial charge in [0.05, 0.1) is 17.2 Å². The molecule has 1 aromatic rings. The summed E-state index contributed by atoms with van der Waals surface area (Å²) < 4.78 is 5.61. The van der Waals surface area contributed by atoms with Crippen LogP contribution in [0.5, 0.6) is 5.75 Å². The van der Waals surface area contributed by atoms with Crippen LogP contribution in [-0.2, 0) is 0 Å². The molecule has 1 rings (SSSR count). The Labute approximate surface area is 112 Å². The van der Waals surface area contributed by atoms with E-state index >= 15 is 0 Å². The van der Waals surface area contributed by atoms with Crippen LogP contribution in [0.15, 0.2) is 12.1 Å². The summed E-state index contributed by atoms with van der Waals surface area (Å²) in [4.78, 5) is 11.3. The van der Waals surface area contributed by atoms with E-state index in [2.05, 4.69) is 13.8 Å². The molecule has 0 aliphatic rings. The van der Waals surface area contributed by atoms with Crippen molar-refractivity contribution in [3.63, 3.8) is 0 Å². The average molecular weight is 271 g/mol. The fourth-order valence-electron chi connectivity index (χ4n) is 1.75. The lowest BCUT2D eigenvalue weighted by molar-refractivity contribution is 0.0995. The van der Waals surface area contributed by atoms with E-state index in [0.717, 1.165) is 12.8 Å². The zero-order valence-corrected chi connectivity index (χ0v) is 11.5.